The van der Waals surface area contributed by atoms with Crippen molar-refractivity contribution in [3.05, 3.63) is 65.2 Å². The lowest BCUT2D eigenvalue weighted by atomic mass is 10.1. The van der Waals surface area contributed by atoms with Crippen LogP contribution in [0.5, 0.6) is 5.75 Å². The fourth-order valence-electron chi connectivity index (χ4n) is 3.19. The number of ether oxygens (including phenoxy) is 1. The summed E-state index contributed by atoms with van der Waals surface area (Å²) in [5, 5.41) is 9.66. The molecule has 5 N–H and O–H groups in total. The number of nitrogens with zero attached hydrogens (tertiary/aromatic N) is 4. The lowest BCUT2D eigenvalue weighted by Gasteiger charge is -2.16. The van der Waals surface area contributed by atoms with E-state index in [1.54, 1.807) is 7.11 Å². The van der Waals surface area contributed by atoms with Crippen molar-refractivity contribution in [2.75, 3.05) is 29.7 Å². The maximum atomic E-state index is 11.9. The third kappa shape index (κ3) is 8.99. The minimum absolute atomic E-state index is 0.119. The highest BCUT2D eigenvalue weighted by Crippen LogP contribution is 2.16. The van der Waals surface area contributed by atoms with Gasteiger partial charge in [-0.15, -0.1) is 0 Å². The molecular formula is C25H32IN9O3. The van der Waals surface area contributed by atoms with E-state index < -0.39 is 11.9 Å². The molecule has 0 aliphatic carbocycles. The fourth-order valence-corrected chi connectivity index (χ4v) is 3.63. The molecule has 12 nitrogen and oxygen atoms in total. The Kier molecular flexibility index (Phi) is 11.3. The van der Waals surface area contributed by atoms with Crippen molar-refractivity contribution in [1.82, 2.24) is 28.8 Å². The number of amides is 3. The predicted molar refractivity (Wildman–Crippen MR) is 155 cm³/mol. The van der Waals surface area contributed by atoms with E-state index in [2.05, 4.69) is 76.6 Å². The van der Waals surface area contributed by atoms with Gasteiger partial charge in [-0.25, -0.2) is 9.80 Å². The van der Waals surface area contributed by atoms with Gasteiger partial charge in [0.05, 0.1) is 7.11 Å². The summed E-state index contributed by atoms with van der Waals surface area (Å²) in [6.45, 7) is 5.84. The van der Waals surface area contributed by atoms with E-state index in [4.69, 9.17) is 4.74 Å². The number of carbonyl (C=O) groups excluding carboxylic acids is 2. The van der Waals surface area contributed by atoms with E-state index in [-0.39, 0.29) is 12.5 Å². The Morgan fingerprint density at radius 2 is 1.32 bits per heavy atom. The molecule has 1 aromatic heterocycles. The summed E-state index contributed by atoms with van der Waals surface area (Å²) in [4.78, 5) is 36.6. The smallest absolute Gasteiger partial charge is 0.343 e. The monoisotopic (exact) mass is 633 g/mol. The van der Waals surface area contributed by atoms with Crippen molar-refractivity contribution >= 4 is 52.6 Å². The molecular weight excluding hydrogens is 601 g/mol. The van der Waals surface area contributed by atoms with Crippen molar-refractivity contribution in [3.63, 3.8) is 0 Å². The lowest BCUT2D eigenvalue weighted by molar-refractivity contribution is -0.118. The van der Waals surface area contributed by atoms with Crippen molar-refractivity contribution < 1.29 is 14.3 Å². The highest BCUT2D eigenvalue weighted by Gasteiger charge is 2.27. The summed E-state index contributed by atoms with van der Waals surface area (Å²) in [6, 6.07) is 15.2. The van der Waals surface area contributed by atoms with Gasteiger partial charge in [0.1, 0.15) is 12.3 Å². The van der Waals surface area contributed by atoms with Crippen LogP contribution >= 0.6 is 22.9 Å². The predicted octanol–water partition coefficient (Wildman–Crippen LogP) is 3.84. The SMILES string of the molecule is CCC.COc1ccc(CNc2nc(NCc3ccc(CNI)cc3)nc(NN3CC(=O)NC3=O)n2)cc1. The van der Waals surface area contributed by atoms with Gasteiger partial charge in [-0.1, -0.05) is 56.7 Å². The van der Waals surface area contributed by atoms with E-state index >= 15 is 0 Å². The number of hydrazine groups is 1. The molecule has 1 aliphatic rings. The number of imide groups is 1. The van der Waals surface area contributed by atoms with Gasteiger partial charge in [-0.3, -0.25) is 19.1 Å². The normalized spacial score (nSPS) is 12.4. The number of anilines is 3. The molecule has 202 valence electrons. The molecule has 3 aromatic rings. The van der Waals surface area contributed by atoms with E-state index in [1.165, 1.54) is 12.0 Å². The third-order valence-corrected chi connectivity index (χ3v) is 5.40. The average molecular weight is 633 g/mol. The minimum Gasteiger partial charge on any atom is -0.497 e. The van der Waals surface area contributed by atoms with Crippen LogP contribution < -0.4 is 29.6 Å². The topological polar surface area (TPSA) is 145 Å². The van der Waals surface area contributed by atoms with Gasteiger partial charge in [0.25, 0.3) is 0 Å². The van der Waals surface area contributed by atoms with Gasteiger partial charge in [0.15, 0.2) is 0 Å². The molecule has 1 aliphatic heterocycles. The van der Waals surface area contributed by atoms with E-state index in [0.29, 0.717) is 25.0 Å². The molecule has 0 atom stereocenters. The van der Waals surface area contributed by atoms with Crippen LogP contribution in [0.4, 0.5) is 22.6 Å². The van der Waals surface area contributed by atoms with Crippen LogP contribution in [0.3, 0.4) is 0 Å². The summed E-state index contributed by atoms with van der Waals surface area (Å²) in [5.74, 6) is 1.09. The molecule has 2 aromatic carbocycles. The standard InChI is InChI=1S/C22H24IN9O3.C3H8/c1-35-17-8-6-15(7-9-17)11-25-20-28-19(24-10-14-2-4-16(5-3-14)12-26-23)29-21(30-20)31-32-13-18(33)27-22(32)34;1-3-2/h2-9,26H,10-13H2,1H3,(H,27,33,34)(H3,24,25,28,29,30,31);3H2,1-2H3. The Balaban J connectivity index is 0.00000127. The van der Waals surface area contributed by atoms with Crippen molar-refractivity contribution in [2.24, 2.45) is 0 Å². The molecule has 1 saturated heterocycles. The molecule has 3 amide bonds. The molecule has 0 spiro atoms. The van der Waals surface area contributed by atoms with Crippen LogP contribution in [0.25, 0.3) is 0 Å². The molecule has 2 heterocycles. The number of benzene rings is 2. The summed E-state index contributed by atoms with van der Waals surface area (Å²) in [5.41, 5.74) is 6.00. The van der Waals surface area contributed by atoms with Crippen molar-refractivity contribution in [3.8, 4) is 5.75 Å². The summed E-state index contributed by atoms with van der Waals surface area (Å²) in [7, 11) is 1.62. The number of nitrogens with one attached hydrogen (secondary N) is 5. The Hall–Kier alpha value is -3.72. The first-order chi connectivity index (χ1) is 18.4. The molecule has 0 bridgehead atoms. The molecule has 4 rings (SSSR count). The molecule has 1 fully saturated rings. The largest absolute Gasteiger partial charge is 0.497 e. The highest BCUT2D eigenvalue weighted by molar-refractivity contribution is 14.1. The number of rotatable bonds is 11. The molecule has 13 heteroatoms. The first-order valence-electron chi connectivity index (χ1n) is 12.1. The second kappa shape index (κ2) is 14.9. The van der Waals surface area contributed by atoms with Gasteiger partial charge in [0, 0.05) is 42.5 Å². The van der Waals surface area contributed by atoms with Gasteiger partial charge < -0.3 is 15.4 Å². The highest BCUT2D eigenvalue weighted by atomic mass is 127. The number of halogens is 1. The van der Waals surface area contributed by atoms with Crippen LogP contribution in [0.15, 0.2) is 48.5 Å². The Bertz CT molecular complexity index is 1190. The number of hydrogen-bond acceptors (Lipinski definition) is 10. The lowest BCUT2D eigenvalue weighted by Crippen LogP contribution is -2.34. The zero-order valence-corrected chi connectivity index (χ0v) is 23.7. The summed E-state index contributed by atoms with van der Waals surface area (Å²) in [6.07, 6.45) is 1.25. The molecule has 0 saturated carbocycles. The van der Waals surface area contributed by atoms with E-state index in [0.717, 1.165) is 28.4 Å². The fraction of sp³-hybridized carbons (Fsp3) is 0.320. The number of carbonyl (C=O) groups is 2. The zero-order chi connectivity index (χ0) is 27.3. The maximum Gasteiger partial charge on any atom is 0.343 e. The zero-order valence-electron chi connectivity index (χ0n) is 21.5. The van der Waals surface area contributed by atoms with Crippen molar-refractivity contribution in [2.45, 2.75) is 39.9 Å². The Morgan fingerprint density at radius 3 is 1.76 bits per heavy atom. The second-order valence-electron chi connectivity index (χ2n) is 8.25. The first-order valence-corrected chi connectivity index (χ1v) is 13.2. The maximum absolute atomic E-state index is 11.9. The number of hydrogen-bond donors (Lipinski definition) is 5. The van der Waals surface area contributed by atoms with Crippen molar-refractivity contribution in [1.29, 1.82) is 0 Å². The summed E-state index contributed by atoms with van der Waals surface area (Å²) < 4.78 is 8.28. The second-order valence-corrected chi connectivity index (χ2v) is 9.01. The number of methoxy groups -OCH3 is 1. The Morgan fingerprint density at radius 1 is 0.842 bits per heavy atom. The quantitative estimate of drug-likeness (QED) is 0.120. The molecule has 38 heavy (non-hydrogen) atoms. The van der Waals surface area contributed by atoms with Crippen LogP contribution in [0.2, 0.25) is 0 Å². The van der Waals surface area contributed by atoms with Crippen LogP contribution in [-0.2, 0) is 24.4 Å². The summed E-state index contributed by atoms with van der Waals surface area (Å²) >= 11 is 2.11. The van der Waals surface area contributed by atoms with Gasteiger partial charge in [-0.05, 0) is 28.8 Å². The van der Waals surface area contributed by atoms with Crippen LogP contribution in [0.1, 0.15) is 37.0 Å². The minimum atomic E-state index is -0.571. The number of aromatic nitrogens is 3. The molecule has 0 radical (unpaired) electrons. The molecule has 0 unspecified atom stereocenters. The number of urea groups is 1. The van der Waals surface area contributed by atoms with Crippen LogP contribution in [0, 0.1) is 0 Å². The Labute approximate surface area is 235 Å². The third-order valence-electron chi connectivity index (χ3n) is 5.02. The van der Waals surface area contributed by atoms with Gasteiger partial charge in [0.2, 0.25) is 23.8 Å². The first kappa shape index (κ1) is 28.8. The van der Waals surface area contributed by atoms with Gasteiger partial charge >= 0.3 is 6.03 Å². The van der Waals surface area contributed by atoms with E-state index in [9.17, 15) is 9.59 Å². The van der Waals surface area contributed by atoms with E-state index in [1.807, 2.05) is 48.5 Å². The average Bonchev–Trinajstić information content (AvgIpc) is 3.24. The van der Waals surface area contributed by atoms with Gasteiger partial charge in [-0.2, -0.15) is 15.0 Å². The van der Waals surface area contributed by atoms with Crippen LogP contribution in [-0.4, -0.2) is 45.6 Å².